The Morgan fingerprint density at radius 1 is 1.00 bits per heavy atom. The summed E-state index contributed by atoms with van der Waals surface area (Å²) in [5.74, 6) is -0.169. The minimum atomic E-state index is -0.602. The second-order valence-electron chi connectivity index (χ2n) is 7.19. The van der Waals surface area contributed by atoms with Crippen molar-refractivity contribution in [1.29, 1.82) is 0 Å². The minimum absolute atomic E-state index is 0.169. The number of aromatic nitrogens is 5. The highest BCUT2D eigenvalue weighted by molar-refractivity contribution is 7.16. The molecule has 1 aliphatic rings. The standard InChI is InChI=1S/C21H14ClN7OS2/c22-15-17(11-6-2-1-3-7-11)29(19(15)30)21-28-25-14(31-21)10-23-20-27-26-16-12-8-4-5-9-13(12)24-18(16)32-20/h1-9,15,17,24H,10H2. The molecule has 11 heteroatoms. The van der Waals surface area contributed by atoms with E-state index in [4.69, 9.17) is 11.6 Å². The molecule has 2 aromatic carbocycles. The first-order chi connectivity index (χ1) is 15.7. The van der Waals surface area contributed by atoms with Crippen LogP contribution < -0.4 is 9.70 Å². The Hall–Kier alpha value is -3.21. The van der Waals surface area contributed by atoms with Crippen LogP contribution in [0.1, 0.15) is 16.6 Å². The second kappa shape index (κ2) is 7.73. The Morgan fingerprint density at radius 3 is 2.69 bits per heavy atom. The molecule has 1 fully saturated rings. The fourth-order valence-electron chi connectivity index (χ4n) is 3.72. The number of amides is 1. The maximum atomic E-state index is 12.4. The van der Waals surface area contributed by atoms with Gasteiger partial charge in [0.25, 0.3) is 0 Å². The molecule has 158 valence electrons. The molecule has 1 amide bonds. The smallest absolute Gasteiger partial charge is 0.250 e. The van der Waals surface area contributed by atoms with Crippen molar-refractivity contribution in [3.8, 4) is 0 Å². The number of alkyl halides is 1. The summed E-state index contributed by atoms with van der Waals surface area (Å²) in [7, 11) is 0. The fraction of sp³-hybridized carbons (Fsp3) is 0.143. The number of anilines is 1. The molecule has 6 rings (SSSR count). The van der Waals surface area contributed by atoms with Crippen LogP contribution in [0.3, 0.4) is 0 Å². The Labute approximate surface area is 194 Å². The molecule has 5 aromatic rings. The van der Waals surface area contributed by atoms with E-state index < -0.39 is 5.38 Å². The van der Waals surface area contributed by atoms with Crippen LogP contribution in [0.5, 0.6) is 0 Å². The lowest BCUT2D eigenvalue weighted by Crippen LogP contribution is -2.56. The number of aromatic amines is 1. The largest absolute Gasteiger partial charge is 0.345 e. The van der Waals surface area contributed by atoms with Gasteiger partial charge in [-0.1, -0.05) is 71.2 Å². The third-order valence-corrected chi connectivity index (χ3v) is 7.48. The van der Waals surface area contributed by atoms with E-state index in [0.717, 1.165) is 26.8 Å². The number of benzene rings is 2. The minimum Gasteiger partial charge on any atom is -0.345 e. The fourth-order valence-corrected chi connectivity index (χ4v) is 5.69. The van der Waals surface area contributed by atoms with Crippen LogP contribution in [0.25, 0.3) is 21.3 Å². The van der Waals surface area contributed by atoms with Gasteiger partial charge in [-0.3, -0.25) is 9.69 Å². The number of β-lactam (4-membered cyclic amide) rings is 1. The molecule has 1 N–H and O–H groups in total. The molecule has 8 nitrogen and oxygen atoms in total. The number of nitrogens with one attached hydrogen (secondary N) is 1. The van der Waals surface area contributed by atoms with Gasteiger partial charge in [-0.25, -0.2) is 4.99 Å². The number of halogens is 1. The van der Waals surface area contributed by atoms with Gasteiger partial charge in [0.2, 0.25) is 15.8 Å². The van der Waals surface area contributed by atoms with Gasteiger partial charge < -0.3 is 4.98 Å². The predicted molar refractivity (Wildman–Crippen MR) is 125 cm³/mol. The zero-order chi connectivity index (χ0) is 21.7. The first kappa shape index (κ1) is 19.5. The number of carbonyl (C=O) groups is 1. The highest BCUT2D eigenvalue weighted by atomic mass is 35.5. The molecule has 2 unspecified atom stereocenters. The molecule has 32 heavy (non-hydrogen) atoms. The van der Waals surface area contributed by atoms with Crippen molar-refractivity contribution in [2.24, 2.45) is 4.99 Å². The molecule has 1 saturated heterocycles. The first-order valence-electron chi connectivity index (χ1n) is 9.78. The highest BCUT2D eigenvalue weighted by Crippen LogP contribution is 2.43. The molecule has 2 atom stereocenters. The molecule has 3 aromatic heterocycles. The lowest BCUT2D eigenvalue weighted by atomic mass is 9.94. The average molecular weight is 480 g/mol. The number of para-hydroxylation sites is 1. The van der Waals surface area contributed by atoms with Gasteiger partial charge in [-0.05, 0) is 11.6 Å². The molecular formula is C21H14ClN7OS2. The van der Waals surface area contributed by atoms with Gasteiger partial charge in [-0.15, -0.1) is 32.0 Å². The third kappa shape index (κ3) is 3.19. The number of fused-ring (bicyclic) bond motifs is 3. The van der Waals surface area contributed by atoms with Crippen molar-refractivity contribution in [2.45, 2.75) is 18.0 Å². The van der Waals surface area contributed by atoms with Crippen molar-refractivity contribution >= 4 is 66.6 Å². The monoisotopic (exact) mass is 479 g/mol. The lowest BCUT2D eigenvalue weighted by Gasteiger charge is -2.42. The Kier molecular flexibility index (Phi) is 4.71. The van der Waals surface area contributed by atoms with Gasteiger partial charge in [0.1, 0.15) is 20.7 Å². The first-order valence-corrected chi connectivity index (χ1v) is 11.9. The van der Waals surface area contributed by atoms with E-state index in [9.17, 15) is 4.79 Å². The summed E-state index contributed by atoms with van der Waals surface area (Å²) in [6.07, 6.45) is 0. The maximum absolute atomic E-state index is 12.4. The van der Waals surface area contributed by atoms with E-state index in [2.05, 4.69) is 30.4 Å². The van der Waals surface area contributed by atoms with Gasteiger partial charge in [0.15, 0.2) is 0 Å². The topological polar surface area (TPSA) is 100 Å². The number of rotatable bonds is 4. The van der Waals surface area contributed by atoms with Crippen LogP contribution in [0, 0.1) is 0 Å². The van der Waals surface area contributed by atoms with Crippen molar-refractivity contribution in [3.05, 3.63) is 70.0 Å². The molecule has 0 saturated carbocycles. The van der Waals surface area contributed by atoms with Crippen LogP contribution in [0.4, 0.5) is 5.13 Å². The lowest BCUT2D eigenvalue weighted by molar-refractivity contribution is -0.123. The highest BCUT2D eigenvalue weighted by Gasteiger charge is 2.49. The van der Waals surface area contributed by atoms with Gasteiger partial charge >= 0.3 is 0 Å². The number of carbonyl (C=O) groups excluding carboxylic acids is 1. The number of H-pyrrole nitrogens is 1. The predicted octanol–water partition coefficient (Wildman–Crippen LogP) is 3.82. The summed E-state index contributed by atoms with van der Waals surface area (Å²) in [4.78, 5) is 23.4. The van der Waals surface area contributed by atoms with Crippen molar-refractivity contribution < 1.29 is 4.79 Å². The van der Waals surface area contributed by atoms with Gasteiger partial charge in [-0.2, -0.15) is 0 Å². The number of nitrogens with zero attached hydrogens (tertiary/aromatic N) is 6. The van der Waals surface area contributed by atoms with E-state index in [1.807, 2.05) is 54.6 Å². The molecule has 0 aliphatic carbocycles. The van der Waals surface area contributed by atoms with Crippen LogP contribution >= 0.6 is 34.3 Å². The Balaban J connectivity index is 1.26. The maximum Gasteiger partial charge on any atom is 0.250 e. The Bertz CT molecular complexity index is 1530. The zero-order valence-electron chi connectivity index (χ0n) is 16.3. The van der Waals surface area contributed by atoms with E-state index in [1.165, 1.54) is 22.7 Å². The molecule has 0 spiro atoms. The second-order valence-corrected chi connectivity index (χ2v) is 9.68. The third-order valence-electron chi connectivity index (χ3n) is 5.26. The summed E-state index contributed by atoms with van der Waals surface area (Å²) in [5, 5.41) is 18.6. The molecule has 1 aliphatic heterocycles. The summed E-state index contributed by atoms with van der Waals surface area (Å²) in [6.45, 7) is 0.302. The van der Waals surface area contributed by atoms with Crippen molar-refractivity contribution in [2.75, 3.05) is 4.90 Å². The van der Waals surface area contributed by atoms with Crippen molar-refractivity contribution in [1.82, 2.24) is 25.4 Å². The Morgan fingerprint density at radius 2 is 1.81 bits per heavy atom. The molecule has 0 radical (unpaired) electrons. The van der Waals surface area contributed by atoms with Crippen LogP contribution in [-0.4, -0.2) is 36.7 Å². The van der Waals surface area contributed by atoms with Crippen LogP contribution in [0.15, 0.2) is 59.6 Å². The quantitative estimate of drug-likeness (QED) is 0.312. The summed E-state index contributed by atoms with van der Waals surface area (Å²) >= 11 is 9.06. The molecular weight excluding hydrogens is 466 g/mol. The summed E-state index contributed by atoms with van der Waals surface area (Å²) < 4.78 is 0. The van der Waals surface area contributed by atoms with Gasteiger partial charge in [0, 0.05) is 10.9 Å². The SMILES string of the molecule is O=C1C(Cl)C(c2ccccc2)N1c1nnc(CN=c2nnc3c([nH]c4ccccc43)s2)s1. The summed E-state index contributed by atoms with van der Waals surface area (Å²) in [6, 6.07) is 17.4. The molecule has 4 heterocycles. The number of hydrogen-bond acceptors (Lipinski definition) is 8. The van der Waals surface area contributed by atoms with E-state index >= 15 is 0 Å². The van der Waals surface area contributed by atoms with E-state index in [-0.39, 0.29) is 11.9 Å². The normalized spacial score (nSPS) is 19.1. The summed E-state index contributed by atoms with van der Waals surface area (Å²) in [5.41, 5.74) is 2.82. The average Bonchev–Trinajstić information content (AvgIpc) is 3.44. The van der Waals surface area contributed by atoms with Crippen LogP contribution in [0.2, 0.25) is 0 Å². The van der Waals surface area contributed by atoms with E-state index in [1.54, 1.807) is 4.90 Å². The van der Waals surface area contributed by atoms with Gasteiger partial charge in [0.05, 0.1) is 12.6 Å². The number of hydrogen-bond donors (Lipinski definition) is 1. The van der Waals surface area contributed by atoms with E-state index in [0.29, 0.717) is 21.5 Å². The van der Waals surface area contributed by atoms with Crippen LogP contribution in [-0.2, 0) is 11.3 Å². The van der Waals surface area contributed by atoms with Crippen molar-refractivity contribution in [3.63, 3.8) is 0 Å². The molecule has 0 bridgehead atoms. The zero-order valence-corrected chi connectivity index (χ0v) is 18.7.